The van der Waals surface area contributed by atoms with E-state index in [1.807, 2.05) is 36.4 Å². The fraction of sp³-hybridized carbons (Fsp3) is 0.229. The van der Waals surface area contributed by atoms with Crippen LogP contribution in [0.1, 0.15) is 28.5 Å². The summed E-state index contributed by atoms with van der Waals surface area (Å²) in [5.74, 6) is -0.636. The van der Waals surface area contributed by atoms with Crippen molar-refractivity contribution in [3.8, 4) is 17.5 Å². The van der Waals surface area contributed by atoms with E-state index < -0.39 is 11.5 Å². The van der Waals surface area contributed by atoms with Crippen LogP contribution in [0, 0.1) is 11.3 Å². The number of nitriles is 1. The first-order valence-corrected chi connectivity index (χ1v) is 16.7. The van der Waals surface area contributed by atoms with E-state index in [-0.39, 0.29) is 60.2 Å². The molecule has 6 heterocycles. The molecule has 19 heteroatoms. The van der Waals surface area contributed by atoms with Gasteiger partial charge in [0.05, 0.1) is 31.0 Å². The second-order valence-electron chi connectivity index (χ2n) is 12.5. The Hall–Kier alpha value is -7.49. The maximum atomic E-state index is 13.5. The van der Waals surface area contributed by atoms with Gasteiger partial charge in [-0.3, -0.25) is 18.7 Å². The van der Waals surface area contributed by atoms with Crippen molar-refractivity contribution >= 4 is 22.3 Å². The minimum Gasteiger partial charge on any atom is -0.390 e. The van der Waals surface area contributed by atoms with E-state index >= 15 is 0 Å². The van der Waals surface area contributed by atoms with E-state index in [4.69, 9.17) is 14.1 Å². The highest BCUT2D eigenvalue weighted by Crippen LogP contribution is 2.22. The highest BCUT2D eigenvalue weighted by molar-refractivity contribution is 5.76. The van der Waals surface area contributed by atoms with E-state index in [1.165, 1.54) is 37.5 Å². The molecule has 8 rings (SSSR count). The van der Waals surface area contributed by atoms with E-state index in [9.17, 15) is 19.2 Å². The largest absolute Gasteiger partial charge is 0.437 e. The molecule has 2 aromatic carbocycles. The number of imidazole rings is 2. The van der Waals surface area contributed by atoms with Crippen molar-refractivity contribution in [1.82, 2.24) is 57.8 Å². The Labute approximate surface area is 302 Å². The molecule has 0 aliphatic carbocycles. The predicted molar refractivity (Wildman–Crippen MR) is 189 cm³/mol. The van der Waals surface area contributed by atoms with Gasteiger partial charge in [-0.1, -0.05) is 36.4 Å². The minimum absolute atomic E-state index is 0.0561. The molecule has 0 aliphatic rings. The van der Waals surface area contributed by atoms with Crippen LogP contribution >= 0.6 is 0 Å². The molecule has 54 heavy (non-hydrogen) atoms. The monoisotopic (exact) mass is 727 g/mol. The number of hydrogen-bond acceptors (Lipinski definition) is 13. The Kier molecular flexibility index (Phi) is 8.45. The fourth-order valence-electron chi connectivity index (χ4n) is 6.12. The lowest BCUT2D eigenvalue weighted by molar-refractivity contribution is 0.434. The highest BCUT2D eigenvalue weighted by atomic mass is 16.4. The van der Waals surface area contributed by atoms with Crippen LogP contribution in [-0.4, -0.2) is 57.8 Å². The summed E-state index contributed by atoms with van der Waals surface area (Å²) in [6.45, 7) is 0.324. The molecule has 19 nitrogen and oxygen atoms in total. The van der Waals surface area contributed by atoms with Gasteiger partial charge in [0, 0.05) is 19.7 Å². The zero-order chi connectivity index (χ0) is 37.5. The maximum absolute atomic E-state index is 13.5. The van der Waals surface area contributed by atoms with Crippen LogP contribution in [-0.2, 0) is 53.1 Å². The summed E-state index contributed by atoms with van der Waals surface area (Å²) in [5, 5.41) is 17.5. The topological polar surface area (TPSA) is 225 Å². The molecule has 0 aliphatic heterocycles. The predicted octanol–water partition coefficient (Wildman–Crippen LogP) is 0.993. The lowest BCUT2D eigenvalue weighted by atomic mass is 10.1. The third-order valence-corrected chi connectivity index (χ3v) is 8.99. The first kappa shape index (κ1) is 33.6. The molecule has 270 valence electrons. The lowest BCUT2D eigenvalue weighted by Gasteiger charge is -2.05. The number of hydrogen-bond donors (Lipinski definition) is 0. The first-order valence-electron chi connectivity index (χ1n) is 16.7. The van der Waals surface area contributed by atoms with Gasteiger partial charge in [-0.2, -0.15) is 14.6 Å². The molecule has 0 radical (unpaired) electrons. The molecule has 0 unspecified atom stereocenters. The zero-order valence-corrected chi connectivity index (χ0v) is 28.9. The Morgan fingerprint density at radius 2 is 1.19 bits per heavy atom. The Balaban J connectivity index is 0.932. The summed E-state index contributed by atoms with van der Waals surface area (Å²) in [6, 6.07) is 16.6. The molecule has 0 saturated heterocycles. The maximum Gasteiger partial charge on any atom is 0.437 e. The Morgan fingerprint density at radius 3 is 1.76 bits per heavy atom. The molecule has 0 atom stereocenters. The molecule has 0 amide bonds. The van der Waals surface area contributed by atoms with Gasteiger partial charge in [0.2, 0.25) is 11.8 Å². The third kappa shape index (κ3) is 6.32. The zero-order valence-electron chi connectivity index (χ0n) is 28.9. The third-order valence-electron chi connectivity index (χ3n) is 8.99. The molecule has 0 bridgehead atoms. The van der Waals surface area contributed by atoms with Crippen molar-refractivity contribution in [2.75, 3.05) is 0 Å². The van der Waals surface area contributed by atoms with Crippen LogP contribution in [0.5, 0.6) is 0 Å². The van der Waals surface area contributed by atoms with E-state index in [1.54, 1.807) is 35.4 Å². The Bertz CT molecular complexity index is 2970. The van der Waals surface area contributed by atoms with Crippen LogP contribution in [0.3, 0.4) is 0 Å². The molecule has 0 saturated carbocycles. The molecule has 8 aromatic rings. The number of fused-ring (bicyclic) bond motifs is 2. The number of benzene rings is 2. The van der Waals surface area contributed by atoms with Gasteiger partial charge in [-0.15, -0.1) is 10.2 Å². The summed E-state index contributed by atoms with van der Waals surface area (Å²) >= 11 is 0. The van der Waals surface area contributed by atoms with Crippen LogP contribution in [0.4, 0.5) is 0 Å². The number of aromatic nitrogens is 12. The minimum atomic E-state index is -0.643. The standard InChI is InChI=1S/C35H29N13O6/c1-43-18-37-29-27(43)32(49)45(19-38-29)16-25-41-48(35(52)53-25)14-12-22-7-9-24(10-8-22)31-40-30-28(44(31)2)33(50)46(20-39-30)17-26-42-47(34(51)54-26)13-11-21-3-5-23(15-36)6-4-21/h3-10,18-20H,11-14,16-17H2,1-2H3. The fourth-order valence-corrected chi connectivity index (χ4v) is 6.12. The van der Waals surface area contributed by atoms with Gasteiger partial charge in [0.25, 0.3) is 11.1 Å². The summed E-state index contributed by atoms with van der Waals surface area (Å²) in [4.78, 5) is 68.6. The Morgan fingerprint density at radius 1 is 0.667 bits per heavy atom. The second kappa shape index (κ2) is 13.6. The van der Waals surface area contributed by atoms with Crippen molar-refractivity contribution < 1.29 is 8.83 Å². The smallest absolute Gasteiger partial charge is 0.390 e. The lowest BCUT2D eigenvalue weighted by Crippen LogP contribution is -2.23. The quantitative estimate of drug-likeness (QED) is 0.181. The normalized spacial score (nSPS) is 11.5. The van der Waals surface area contributed by atoms with Crippen LogP contribution < -0.4 is 22.6 Å². The average Bonchev–Trinajstić information content (AvgIpc) is 3.93. The highest BCUT2D eigenvalue weighted by Gasteiger charge is 2.18. The SMILES string of the molecule is Cn1cnc2ncn(Cc3nn(CCc4ccc(-c5nc6ncn(Cc7nn(CCc8ccc(C#N)cc8)c(=O)o7)c(=O)c6n5C)cc4)c(=O)o3)c(=O)c21. The second-order valence-corrected chi connectivity index (χ2v) is 12.5. The van der Waals surface area contributed by atoms with Gasteiger partial charge in [-0.05, 0) is 36.1 Å². The van der Waals surface area contributed by atoms with Gasteiger partial charge < -0.3 is 18.0 Å². The van der Waals surface area contributed by atoms with Crippen LogP contribution in [0.2, 0.25) is 0 Å². The van der Waals surface area contributed by atoms with Crippen LogP contribution in [0.15, 0.2) is 95.5 Å². The van der Waals surface area contributed by atoms with Crippen molar-refractivity contribution in [1.29, 1.82) is 5.26 Å². The van der Waals surface area contributed by atoms with Gasteiger partial charge in [-0.25, -0.2) is 29.5 Å². The molecule has 6 aromatic heterocycles. The number of nitrogens with zero attached hydrogens (tertiary/aromatic N) is 13. The van der Waals surface area contributed by atoms with Gasteiger partial charge in [0.15, 0.2) is 22.3 Å². The van der Waals surface area contributed by atoms with Crippen molar-refractivity contribution in [3.05, 3.63) is 138 Å². The van der Waals surface area contributed by atoms with E-state index in [2.05, 4.69) is 36.2 Å². The molecular formula is C35H29N13O6. The molecular weight excluding hydrogens is 698 g/mol. The van der Waals surface area contributed by atoms with Crippen LogP contribution in [0.25, 0.3) is 33.7 Å². The van der Waals surface area contributed by atoms with E-state index in [0.29, 0.717) is 35.4 Å². The average molecular weight is 728 g/mol. The summed E-state index contributed by atoms with van der Waals surface area (Å²) in [6.07, 6.45) is 5.15. The number of rotatable bonds is 11. The molecule has 0 spiro atoms. The number of aryl methyl sites for hydroxylation is 6. The first-order chi connectivity index (χ1) is 26.1. The molecule has 0 fully saturated rings. The van der Waals surface area contributed by atoms with Crippen molar-refractivity contribution in [3.63, 3.8) is 0 Å². The van der Waals surface area contributed by atoms with Gasteiger partial charge in [0.1, 0.15) is 31.6 Å². The van der Waals surface area contributed by atoms with Gasteiger partial charge >= 0.3 is 11.5 Å². The summed E-state index contributed by atoms with van der Waals surface area (Å²) < 4.78 is 18.9. The van der Waals surface area contributed by atoms with E-state index in [0.717, 1.165) is 16.7 Å². The summed E-state index contributed by atoms with van der Waals surface area (Å²) in [5.41, 5.74) is 3.60. The molecule has 0 N–H and O–H groups in total. The van der Waals surface area contributed by atoms with Crippen molar-refractivity contribution in [2.45, 2.75) is 39.0 Å². The summed E-state index contributed by atoms with van der Waals surface area (Å²) in [7, 11) is 3.42. The van der Waals surface area contributed by atoms with Crippen molar-refractivity contribution in [2.24, 2.45) is 14.1 Å².